The smallest absolute Gasteiger partial charge is 0.248 e. The van der Waals surface area contributed by atoms with Crippen molar-refractivity contribution >= 4 is 10.0 Å². The minimum absolute atomic E-state index is 0.182. The van der Waals surface area contributed by atoms with Gasteiger partial charge in [-0.15, -0.1) is 0 Å². The summed E-state index contributed by atoms with van der Waals surface area (Å²) >= 11 is 0. The van der Waals surface area contributed by atoms with Crippen molar-refractivity contribution in [3.05, 3.63) is 17.8 Å². The summed E-state index contributed by atoms with van der Waals surface area (Å²) in [5.41, 5.74) is 1.63. The van der Waals surface area contributed by atoms with E-state index in [9.17, 15) is 8.42 Å². The molecule has 0 atom stereocenters. The number of hydrogen-bond acceptors (Lipinski definition) is 6. The van der Waals surface area contributed by atoms with Crippen LogP contribution in [0.4, 0.5) is 0 Å². The van der Waals surface area contributed by atoms with Crippen LogP contribution in [0.5, 0.6) is 5.88 Å². The number of rotatable bonds is 4. The number of piperidine rings is 1. The third-order valence-corrected chi connectivity index (χ3v) is 9.19. The van der Waals surface area contributed by atoms with Crippen LogP contribution in [0.2, 0.25) is 0 Å². The molecule has 1 saturated carbocycles. The Morgan fingerprint density at radius 1 is 1.18 bits per heavy atom. The molecule has 5 rings (SSSR count). The van der Waals surface area contributed by atoms with E-state index in [1.807, 2.05) is 6.92 Å². The lowest BCUT2D eigenvalue weighted by Gasteiger charge is -2.63. The highest BCUT2D eigenvalue weighted by atomic mass is 32.2. The number of nitrogens with zero attached hydrogens (tertiary/aromatic N) is 3. The van der Waals surface area contributed by atoms with Crippen LogP contribution in [0, 0.1) is 17.8 Å². The number of hydrogen-bond donors (Lipinski definition) is 0. The fourth-order valence-corrected chi connectivity index (χ4v) is 7.09. The molecular weight excluding hydrogens is 378 g/mol. The molecule has 0 radical (unpaired) electrons. The summed E-state index contributed by atoms with van der Waals surface area (Å²) in [4.78, 5) is 6.94. The number of aryl methyl sites for hydroxylation is 1. The van der Waals surface area contributed by atoms with Crippen LogP contribution < -0.4 is 4.74 Å². The fraction of sp³-hybridized carbons (Fsp3) is 0.750. The molecule has 3 aliphatic heterocycles. The van der Waals surface area contributed by atoms with Gasteiger partial charge in [0.25, 0.3) is 0 Å². The molecule has 3 saturated heterocycles. The second-order valence-corrected chi connectivity index (χ2v) is 11.3. The van der Waals surface area contributed by atoms with Gasteiger partial charge in [-0.3, -0.25) is 4.90 Å². The first-order chi connectivity index (χ1) is 13.3. The summed E-state index contributed by atoms with van der Waals surface area (Å²) in [5, 5.41) is 0. The average Bonchev–Trinajstić information content (AvgIpc) is 2.58. The summed E-state index contributed by atoms with van der Waals surface area (Å²) in [6, 6.07) is 2.35. The molecule has 0 N–H and O–H groups in total. The Balaban J connectivity index is 1.20. The number of methoxy groups -OCH3 is 1. The standard InChI is InChI=1S/C20H29N3O4S/c1-15-7-17(18(26-2)21-10-15)28(24,25)23-5-3-19(4-6-23)8-16(9-19)22-11-20(12-22)13-27-14-20/h7,10,16H,3-6,8-9,11-14H2,1-2H3. The predicted molar refractivity (Wildman–Crippen MR) is 104 cm³/mol. The van der Waals surface area contributed by atoms with E-state index in [1.54, 1.807) is 16.6 Å². The maximum absolute atomic E-state index is 13.2. The van der Waals surface area contributed by atoms with E-state index >= 15 is 0 Å². The Bertz CT molecular complexity index is 859. The van der Waals surface area contributed by atoms with Crippen molar-refractivity contribution in [2.75, 3.05) is 46.5 Å². The normalized spacial score (nSPS) is 27.2. The molecule has 0 bridgehead atoms. The molecule has 1 aromatic heterocycles. The molecule has 4 aliphatic rings. The highest BCUT2D eigenvalue weighted by molar-refractivity contribution is 7.89. The zero-order valence-corrected chi connectivity index (χ0v) is 17.5. The van der Waals surface area contributed by atoms with Gasteiger partial charge in [-0.25, -0.2) is 13.4 Å². The van der Waals surface area contributed by atoms with Crippen molar-refractivity contribution < 1.29 is 17.9 Å². The van der Waals surface area contributed by atoms with E-state index in [1.165, 1.54) is 33.0 Å². The van der Waals surface area contributed by atoms with Crippen molar-refractivity contribution in [3.63, 3.8) is 0 Å². The zero-order chi connectivity index (χ0) is 19.6. The average molecular weight is 408 g/mol. The van der Waals surface area contributed by atoms with E-state index in [-0.39, 0.29) is 10.8 Å². The van der Waals surface area contributed by atoms with E-state index in [0.717, 1.165) is 31.6 Å². The number of aromatic nitrogens is 1. The summed E-state index contributed by atoms with van der Waals surface area (Å²) < 4.78 is 38.5. The van der Waals surface area contributed by atoms with Gasteiger partial charge in [0.15, 0.2) is 0 Å². The molecule has 4 fully saturated rings. The fourth-order valence-electron chi connectivity index (χ4n) is 5.46. The second kappa shape index (κ2) is 6.39. The molecule has 28 heavy (non-hydrogen) atoms. The van der Waals surface area contributed by atoms with Gasteiger partial charge in [0.05, 0.1) is 20.3 Å². The molecule has 1 aromatic rings. The summed E-state index contributed by atoms with van der Waals surface area (Å²) in [5.74, 6) is 0.182. The van der Waals surface area contributed by atoms with Gasteiger partial charge in [-0.2, -0.15) is 4.31 Å². The van der Waals surface area contributed by atoms with E-state index in [0.29, 0.717) is 30.0 Å². The van der Waals surface area contributed by atoms with Gasteiger partial charge in [-0.05, 0) is 49.7 Å². The van der Waals surface area contributed by atoms with Crippen LogP contribution in [0.1, 0.15) is 31.2 Å². The zero-order valence-electron chi connectivity index (χ0n) is 16.7. The van der Waals surface area contributed by atoms with Gasteiger partial charge in [0, 0.05) is 43.8 Å². The molecule has 0 aromatic carbocycles. The monoisotopic (exact) mass is 407 g/mol. The molecule has 2 spiro atoms. The number of likely N-dealkylation sites (tertiary alicyclic amines) is 1. The molecule has 4 heterocycles. The molecule has 154 valence electrons. The highest BCUT2D eigenvalue weighted by Gasteiger charge is 2.56. The van der Waals surface area contributed by atoms with Crippen molar-refractivity contribution in [1.29, 1.82) is 0 Å². The Labute approximate surface area is 167 Å². The Kier molecular flexibility index (Phi) is 4.29. The highest BCUT2D eigenvalue weighted by Crippen LogP contribution is 2.54. The maximum atomic E-state index is 13.2. The Hall–Kier alpha value is -1.22. The van der Waals surface area contributed by atoms with E-state index in [2.05, 4.69) is 9.88 Å². The van der Waals surface area contributed by atoms with Crippen molar-refractivity contribution in [1.82, 2.24) is 14.2 Å². The van der Waals surface area contributed by atoms with Gasteiger partial charge in [0.2, 0.25) is 15.9 Å². The van der Waals surface area contributed by atoms with Crippen LogP contribution in [0.3, 0.4) is 0 Å². The van der Waals surface area contributed by atoms with Gasteiger partial charge in [0.1, 0.15) is 4.90 Å². The third kappa shape index (κ3) is 2.88. The molecule has 0 unspecified atom stereocenters. The van der Waals surface area contributed by atoms with Gasteiger partial charge >= 0.3 is 0 Å². The third-order valence-electron chi connectivity index (χ3n) is 7.30. The van der Waals surface area contributed by atoms with Gasteiger partial charge < -0.3 is 9.47 Å². The summed E-state index contributed by atoms with van der Waals surface area (Å²) in [6.45, 7) is 7.27. The van der Waals surface area contributed by atoms with Crippen LogP contribution in [0.25, 0.3) is 0 Å². The van der Waals surface area contributed by atoms with Crippen LogP contribution in [0.15, 0.2) is 17.2 Å². The molecule has 0 amide bonds. The lowest BCUT2D eigenvalue weighted by Crippen LogP contribution is -2.70. The second-order valence-electron chi connectivity index (χ2n) is 9.38. The molecular formula is C20H29N3O4S. The SMILES string of the molecule is COc1ncc(C)cc1S(=O)(=O)N1CCC2(CC1)CC(N1CC3(COC3)C1)C2. The first kappa shape index (κ1) is 18.8. The van der Waals surface area contributed by atoms with Crippen molar-refractivity contribution in [3.8, 4) is 5.88 Å². The Morgan fingerprint density at radius 3 is 2.43 bits per heavy atom. The minimum atomic E-state index is -3.57. The molecule has 1 aliphatic carbocycles. The molecule has 8 heteroatoms. The van der Waals surface area contributed by atoms with Crippen molar-refractivity contribution in [2.24, 2.45) is 10.8 Å². The predicted octanol–water partition coefficient (Wildman–Crippen LogP) is 1.66. The molecule has 7 nitrogen and oxygen atoms in total. The van der Waals surface area contributed by atoms with Crippen LogP contribution in [-0.4, -0.2) is 75.2 Å². The van der Waals surface area contributed by atoms with Crippen LogP contribution in [-0.2, 0) is 14.8 Å². The first-order valence-electron chi connectivity index (χ1n) is 10.2. The van der Waals surface area contributed by atoms with E-state index in [4.69, 9.17) is 9.47 Å². The van der Waals surface area contributed by atoms with E-state index < -0.39 is 10.0 Å². The van der Waals surface area contributed by atoms with Gasteiger partial charge in [-0.1, -0.05) is 0 Å². The maximum Gasteiger partial charge on any atom is 0.248 e. The van der Waals surface area contributed by atoms with Crippen molar-refractivity contribution in [2.45, 2.75) is 43.5 Å². The lowest BCUT2D eigenvalue weighted by atomic mass is 9.59. The Morgan fingerprint density at radius 2 is 1.86 bits per heavy atom. The number of pyridine rings is 1. The topological polar surface area (TPSA) is 72.0 Å². The summed E-state index contributed by atoms with van der Waals surface area (Å²) in [7, 11) is -2.11. The number of sulfonamides is 1. The quantitative estimate of drug-likeness (QED) is 0.756. The summed E-state index contributed by atoms with van der Waals surface area (Å²) in [6.07, 6.45) is 5.96. The first-order valence-corrected chi connectivity index (χ1v) is 11.6. The lowest BCUT2D eigenvalue weighted by molar-refractivity contribution is -0.215. The van der Waals surface area contributed by atoms with Crippen LogP contribution >= 0.6 is 0 Å². The number of ether oxygens (including phenoxy) is 2. The minimum Gasteiger partial charge on any atom is -0.480 e. The largest absolute Gasteiger partial charge is 0.480 e.